The Kier molecular flexibility index (Phi) is 4.08. The van der Waals surface area contributed by atoms with Gasteiger partial charge in [0.1, 0.15) is 18.0 Å². The number of aliphatic imine (C=N–C) groups is 1. The zero-order valence-corrected chi connectivity index (χ0v) is 10.8. The van der Waals surface area contributed by atoms with E-state index >= 15 is 0 Å². The number of hydrogen-bond acceptors (Lipinski definition) is 3. The third-order valence-electron chi connectivity index (χ3n) is 2.60. The lowest BCUT2D eigenvalue weighted by atomic mass is 9.88. The Hall–Kier alpha value is -0.900. The predicted molar refractivity (Wildman–Crippen MR) is 64.5 cm³/mol. The van der Waals surface area contributed by atoms with Crippen molar-refractivity contribution in [2.45, 2.75) is 53.2 Å². The molecule has 0 radical (unpaired) electrons. The van der Waals surface area contributed by atoms with Crippen LogP contribution in [-0.2, 0) is 9.53 Å². The SMILES string of the molecule is CCOC(C1=NC(CC)C(=O)N1)C(C)(C)C. The molecule has 1 aliphatic rings. The highest BCUT2D eigenvalue weighted by Crippen LogP contribution is 2.25. The maximum atomic E-state index is 11.6. The minimum atomic E-state index is -0.236. The molecule has 0 aromatic rings. The van der Waals surface area contributed by atoms with Gasteiger partial charge in [0.2, 0.25) is 5.91 Å². The van der Waals surface area contributed by atoms with Crippen LogP contribution in [0.2, 0.25) is 0 Å². The number of nitrogens with one attached hydrogen (secondary N) is 1. The Morgan fingerprint density at radius 2 is 2.06 bits per heavy atom. The minimum absolute atomic E-state index is 0.00791. The molecule has 0 aromatic carbocycles. The number of ether oxygens (including phenoxy) is 1. The highest BCUT2D eigenvalue weighted by atomic mass is 16.5. The number of rotatable bonds is 4. The van der Waals surface area contributed by atoms with Crippen molar-refractivity contribution in [3.8, 4) is 0 Å². The fourth-order valence-electron chi connectivity index (χ4n) is 1.78. The summed E-state index contributed by atoms with van der Waals surface area (Å²) in [6.45, 7) is 10.8. The summed E-state index contributed by atoms with van der Waals surface area (Å²) >= 11 is 0. The number of hydrogen-bond donors (Lipinski definition) is 1. The van der Waals surface area contributed by atoms with Crippen LogP contribution in [0.25, 0.3) is 0 Å². The molecule has 1 heterocycles. The number of amidine groups is 1. The average Bonchev–Trinajstić information content (AvgIpc) is 2.53. The van der Waals surface area contributed by atoms with Gasteiger partial charge in [-0.05, 0) is 18.8 Å². The Labute approximate surface area is 97.5 Å². The molecule has 0 aromatic heterocycles. The maximum Gasteiger partial charge on any atom is 0.250 e. The van der Waals surface area contributed by atoms with Gasteiger partial charge in [-0.3, -0.25) is 9.79 Å². The molecule has 0 saturated carbocycles. The van der Waals surface area contributed by atoms with Gasteiger partial charge in [0, 0.05) is 6.61 Å². The average molecular weight is 226 g/mol. The molecule has 0 saturated heterocycles. The molecule has 0 fully saturated rings. The highest BCUT2D eigenvalue weighted by Gasteiger charge is 2.36. The summed E-state index contributed by atoms with van der Waals surface area (Å²) in [5, 5.41) is 2.83. The lowest BCUT2D eigenvalue weighted by molar-refractivity contribution is -0.120. The predicted octanol–water partition coefficient (Wildman–Crippen LogP) is 1.74. The zero-order chi connectivity index (χ0) is 12.3. The second kappa shape index (κ2) is 4.95. The summed E-state index contributed by atoms with van der Waals surface area (Å²) in [7, 11) is 0. The number of nitrogens with zero attached hydrogens (tertiary/aromatic N) is 1. The quantitative estimate of drug-likeness (QED) is 0.794. The molecule has 2 unspecified atom stereocenters. The summed E-state index contributed by atoms with van der Waals surface area (Å²) in [5.74, 6) is 0.678. The second-order valence-corrected chi connectivity index (χ2v) is 5.13. The Bertz CT molecular complexity index is 292. The van der Waals surface area contributed by atoms with Gasteiger partial charge in [-0.25, -0.2) is 0 Å². The van der Waals surface area contributed by atoms with Crippen molar-refractivity contribution in [1.29, 1.82) is 0 Å². The van der Waals surface area contributed by atoms with Crippen LogP contribution in [0.3, 0.4) is 0 Å². The fraction of sp³-hybridized carbons (Fsp3) is 0.833. The van der Waals surface area contributed by atoms with Crippen molar-refractivity contribution in [1.82, 2.24) is 5.32 Å². The normalized spacial score (nSPS) is 22.9. The molecular formula is C12H22N2O2. The number of carbonyl (C=O) groups excluding carboxylic acids is 1. The van der Waals surface area contributed by atoms with Gasteiger partial charge in [0.25, 0.3) is 0 Å². The Balaban J connectivity index is 2.85. The molecule has 1 rings (SSSR count). The van der Waals surface area contributed by atoms with E-state index in [2.05, 4.69) is 31.1 Å². The monoisotopic (exact) mass is 226 g/mol. The van der Waals surface area contributed by atoms with Gasteiger partial charge < -0.3 is 10.1 Å². The van der Waals surface area contributed by atoms with Gasteiger partial charge in [0.15, 0.2) is 0 Å². The molecule has 92 valence electrons. The molecular weight excluding hydrogens is 204 g/mol. The molecule has 4 heteroatoms. The third kappa shape index (κ3) is 2.82. The molecule has 16 heavy (non-hydrogen) atoms. The fourth-order valence-corrected chi connectivity index (χ4v) is 1.78. The largest absolute Gasteiger partial charge is 0.370 e. The maximum absolute atomic E-state index is 11.6. The van der Waals surface area contributed by atoms with E-state index in [1.54, 1.807) is 0 Å². The van der Waals surface area contributed by atoms with Crippen LogP contribution in [0.1, 0.15) is 41.0 Å². The molecule has 0 aliphatic carbocycles. The first-order valence-corrected chi connectivity index (χ1v) is 5.90. The molecule has 2 atom stereocenters. The Morgan fingerprint density at radius 3 is 2.44 bits per heavy atom. The highest BCUT2D eigenvalue weighted by molar-refractivity contribution is 6.07. The van der Waals surface area contributed by atoms with Gasteiger partial charge in [-0.15, -0.1) is 0 Å². The minimum Gasteiger partial charge on any atom is -0.370 e. The standard InChI is InChI=1S/C12H22N2O2/c1-6-8-11(15)14-10(13-8)9(16-7-2)12(3,4)5/h8-9H,6-7H2,1-5H3,(H,13,14,15). The van der Waals surface area contributed by atoms with E-state index in [9.17, 15) is 4.79 Å². The van der Waals surface area contributed by atoms with Crippen molar-refractivity contribution in [2.75, 3.05) is 6.61 Å². The lowest BCUT2D eigenvalue weighted by Gasteiger charge is -2.30. The first kappa shape index (κ1) is 13.2. The molecule has 1 N–H and O–H groups in total. The smallest absolute Gasteiger partial charge is 0.250 e. The van der Waals surface area contributed by atoms with Gasteiger partial charge in [0.05, 0.1) is 0 Å². The van der Waals surface area contributed by atoms with Crippen LogP contribution in [0.15, 0.2) is 4.99 Å². The van der Waals surface area contributed by atoms with Crippen LogP contribution < -0.4 is 5.32 Å². The summed E-state index contributed by atoms with van der Waals surface area (Å²) in [6, 6.07) is -0.236. The van der Waals surface area contributed by atoms with Crippen LogP contribution in [0.5, 0.6) is 0 Å². The van der Waals surface area contributed by atoms with Gasteiger partial charge in [-0.1, -0.05) is 27.7 Å². The third-order valence-corrected chi connectivity index (χ3v) is 2.60. The van der Waals surface area contributed by atoms with E-state index in [4.69, 9.17) is 4.74 Å². The molecule has 1 amide bonds. The second-order valence-electron chi connectivity index (χ2n) is 5.13. The van der Waals surface area contributed by atoms with Crippen LogP contribution >= 0.6 is 0 Å². The number of carbonyl (C=O) groups is 1. The van der Waals surface area contributed by atoms with E-state index in [1.807, 2.05) is 13.8 Å². The van der Waals surface area contributed by atoms with E-state index in [-0.39, 0.29) is 23.5 Å². The Morgan fingerprint density at radius 1 is 1.44 bits per heavy atom. The van der Waals surface area contributed by atoms with Gasteiger partial charge >= 0.3 is 0 Å². The summed E-state index contributed by atoms with van der Waals surface area (Å²) in [4.78, 5) is 16.0. The van der Waals surface area contributed by atoms with Crippen molar-refractivity contribution in [2.24, 2.45) is 10.4 Å². The van der Waals surface area contributed by atoms with E-state index in [1.165, 1.54) is 0 Å². The van der Waals surface area contributed by atoms with Crippen molar-refractivity contribution < 1.29 is 9.53 Å². The van der Waals surface area contributed by atoms with Crippen LogP contribution in [-0.4, -0.2) is 30.5 Å². The first-order valence-electron chi connectivity index (χ1n) is 5.90. The van der Waals surface area contributed by atoms with Crippen molar-refractivity contribution in [3.05, 3.63) is 0 Å². The van der Waals surface area contributed by atoms with Crippen molar-refractivity contribution >= 4 is 11.7 Å². The molecule has 4 nitrogen and oxygen atoms in total. The topological polar surface area (TPSA) is 50.7 Å². The molecule has 1 aliphatic heterocycles. The van der Waals surface area contributed by atoms with E-state index < -0.39 is 0 Å². The van der Waals surface area contributed by atoms with E-state index in [0.29, 0.717) is 12.4 Å². The van der Waals surface area contributed by atoms with Gasteiger partial charge in [-0.2, -0.15) is 0 Å². The first-order chi connectivity index (χ1) is 7.40. The zero-order valence-electron chi connectivity index (χ0n) is 10.8. The molecule has 0 bridgehead atoms. The molecule has 0 spiro atoms. The lowest BCUT2D eigenvalue weighted by Crippen LogP contribution is -2.44. The van der Waals surface area contributed by atoms with Crippen LogP contribution in [0.4, 0.5) is 0 Å². The van der Waals surface area contributed by atoms with E-state index in [0.717, 1.165) is 6.42 Å². The van der Waals surface area contributed by atoms with Crippen molar-refractivity contribution in [3.63, 3.8) is 0 Å². The number of amides is 1. The summed E-state index contributed by atoms with van der Waals surface area (Å²) in [6.07, 6.45) is 0.594. The summed E-state index contributed by atoms with van der Waals surface area (Å²) < 4.78 is 5.69. The van der Waals surface area contributed by atoms with Crippen LogP contribution in [0, 0.1) is 5.41 Å². The summed E-state index contributed by atoms with van der Waals surface area (Å²) in [5.41, 5.74) is -0.0647.